The molecule has 2 aromatic heterocycles. The van der Waals surface area contributed by atoms with Crippen molar-refractivity contribution in [2.45, 2.75) is 12.5 Å². The molecule has 0 atom stereocenters. The second kappa shape index (κ2) is 4.59. The van der Waals surface area contributed by atoms with Gasteiger partial charge in [0.2, 0.25) is 0 Å². The Morgan fingerprint density at radius 3 is 2.67 bits per heavy atom. The molecule has 1 spiro atoms. The number of hydrogen-bond acceptors (Lipinski definition) is 5. The topological polar surface area (TPSA) is 104 Å². The molecule has 0 aromatic carbocycles. The summed E-state index contributed by atoms with van der Waals surface area (Å²) in [5.74, 6) is -1.02. The minimum absolute atomic E-state index is 0.0921. The monoisotopic (exact) mass is 330 g/mol. The Balaban J connectivity index is 1.81. The van der Waals surface area contributed by atoms with E-state index in [1.165, 1.54) is 6.20 Å². The van der Waals surface area contributed by atoms with Gasteiger partial charge in [0.15, 0.2) is 5.65 Å². The fourth-order valence-electron chi connectivity index (χ4n) is 3.72. The van der Waals surface area contributed by atoms with Crippen molar-refractivity contribution in [1.82, 2.24) is 25.0 Å². The number of carboxylic acid groups (broad SMARTS) is 1. The highest BCUT2D eigenvalue weighted by Crippen LogP contribution is 2.39. The van der Waals surface area contributed by atoms with Crippen molar-refractivity contribution in [3.05, 3.63) is 17.5 Å². The van der Waals surface area contributed by atoms with Crippen LogP contribution in [0.4, 0.5) is 10.5 Å². The summed E-state index contributed by atoms with van der Waals surface area (Å²) in [6.07, 6.45) is 1.38. The van der Waals surface area contributed by atoms with Gasteiger partial charge < -0.3 is 20.2 Å². The number of carbonyl (C=O) groups is 2. The lowest BCUT2D eigenvalue weighted by Gasteiger charge is -2.52. The molecule has 126 valence electrons. The van der Waals surface area contributed by atoms with E-state index in [0.717, 1.165) is 11.1 Å². The van der Waals surface area contributed by atoms with Gasteiger partial charge in [-0.1, -0.05) is 0 Å². The predicted octanol–water partition coefficient (Wildman–Crippen LogP) is 0.189. The summed E-state index contributed by atoms with van der Waals surface area (Å²) < 4.78 is 1.65. The van der Waals surface area contributed by atoms with Crippen LogP contribution in [0.5, 0.6) is 0 Å². The van der Waals surface area contributed by atoms with E-state index in [1.807, 2.05) is 11.8 Å². The number of rotatable bonds is 2. The van der Waals surface area contributed by atoms with Crippen LogP contribution >= 0.6 is 0 Å². The predicted molar refractivity (Wildman–Crippen MR) is 86.3 cm³/mol. The molecule has 2 fully saturated rings. The average molecular weight is 330 g/mol. The molecule has 0 radical (unpaired) electrons. The zero-order valence-electron chi connectivity index (χ0n) is 13.7. The Bertz CT molecular complexity index is 883. The van der Waals surface area contributed by atoms with E-state index in [-0.39, 0.29) is 17.1 Å². The average Bonchev–Trinajstić information content (AvgIpc) is 2.95. The van der Waals surface area contributed by atoms with Crippen LogP contribution in [0.2, 0.25) is 0 Å². The number of fused-ring (bicyclic) bond motifs is 1. The van der Waals surface area contributed by atoms with E-state index in [0.29, 0.717) is 31.0 Å². The second-order valence-electron chi connectivity index (χ2n) is 6.53. The van der Waals surface area contributed by atoms with E-state index >= 15 is 0 Å². The highest BCUT2D eigenvalue weighted by Gasteiger charge is 2.53. The van der Waals surface area contributed by atoms with Crippen LogP contribution in [0.3, 0.4) is 0 Å². The van der Waals surface area contributed by atoms with Crippen molar-refractivity contribution < 1.29 is 14.7 Å². The molecule has 2 amide bonds. The number of carboxylic acids is 1. The third kappa shape index (κ3) is 1.75. The van der Waals surface area contributed by atoms with Gasteiger partial charge in [-0.05, 0) is 6.92 Å². The summed E-state index contributed by atoms with van der Waals surface area (Å²) in [6.45, 7) is 3.58. The number of urea groups is 1. The van der Waals surface area contributed by atoms with E-state index in [4.69, 9.17) is 0 Å². The highest BCUT2D eigenvalue weighted by molar-refractivity contribution is 6.05. The van der Waals surface area contributed by atoms with Crippen molar-refractivity contribution in [2.24, 2.45) is 7.05 Å². The Labute approximate surface area is 137 Å². The fraction of sp³-hybridized carbons (Fsp3) is 0.467. The van der Waals surface area contributed by atoms with E-state index < -0.39 is 5.97 Å². The molecule has 4 rings (SSSR count). The molecule has 2 aliphatic rings. The van der Waals surface area contributed by atoms with Crippen LogP contribution in [0.1, 0.15) is 16.1 Å². The second-order valence-corrected chi connectivity index (χ2v) is 6.53. The summed E-state index contributed by atoms with van der Waals surface area (Å²) in [4.78, 5) is 31.4. The number of aromatic carboxylic acids is 1. The first-order chi connectivity index (χ1) is 11.3. The van der Waals surface area contributed by atoms with Gasteiger partial charge in [-0.2, -0.15) is 5.10 Å². The quantitative estimate of drug-likeness (QED) is 0.815. The van der Waals surface area contributed by atoms with Crippen LogP contribution in [0, 0.1) is 6.92 Å². The van der Waals surface area contributed by atoms with E-state index in [9.17, 15) is 14.7 Å². The van der Waals surface area contributed by atoms with Crippen molar-refractivity contribution in [1.29, 1.82) is 0 Å². The zero-order chi connectivity index (χ0) is 17.2. The third-order valence-electron chi connectivity index (χ3n) is 5.10. The number of anilines is 1. The lowest BCUT2D eigenvalue weighted by atomic mass is 9.88. The number of nitrogens with zero attached hydrogens (tertiary/aromatic N) is 5. The molecule has 4 heterocycles. The number of nitrogens with one attached hydrogen (secondary N) is 1. The molecule has 0 bridgehead atoms. The van der Waals surface area contributed by atoms with Gasteiger partial charge >= 0.3 is 12.0 Å². The maximum atomic E-state index is 11.7. The molecule has 9 heteroatoms. The summed E-state index contributed by atoms with van der Waals surface area (Å²) in [7, 11) is 3.56. The van der Waals surface area contributed by atoms with E-state index in [2.05, 4.69) is 15.4 Å². The minimum atomic E-state index is -1.02. The first kappa shape index (κ1) is 14.7. The number of pyridine rings is 1. The number of carbonyl (C=O) groups excluding carboxylic acids is 1. The lowest BCUT2D eigenvalue weighted by molar-refractivity contribution is 0.0695. The van der Waals surface area contributed by atoms with Crippen LogP contribution in [0.25, 0.3) is 11.0 Å². The van der Waals surface area contributed by atoms with Crippen molar-refractivity contribution >= 4 is 28.7 Å². The van der Waals surface area contributed by atoms with Gasteiger partial charge in [0.05, 0.1) is 22.3 Å². The lowest BCUT2D eigenvalue weighted by Crippen LogP contribution is -2.69. The normalized spacial score (nSPS) is 19.0. The summed E-state index contributed by atoms with van der Waals surface area (Å²) in [5.41, 5.74) is 1.92. The Hall–Kier alpha value is -2.84. The molecule has 2 N–H and O–H groups in total. The molecular formula is C15H18N6O3. The molecule has 0 saturated carbocycles. The van der Waals surface area contributed by atoms with Gasteiger partial charge in [0, 0.05) is 39.9 Å². The van der Waals surface area contributed by atoms with Crippen LogP contribution in [-0.2, 0) is 7.05 Å². The standard InChI is InChI=1S/C15H18N6O3/c1-8-10-11(9(13(22)23)4-16-12(10)20(3)18-8)21-6-15(7-21)5-17-14(24)19(15)2/h4H,5-7H2,1-3H3,(H,17,24)(H,22,23). The van der Waals surface area contributed by atoms with Crippen LogP contribution in [0.15, 0.2) is 6.20 Å². The van der Waals surface area contributed by atoms with Gasteiger partial charge in [-0.3, -0.25) is 4.68 Å². The molecule has 2 saturated heterocycles. The third-order valence-corrected chi connectivity index (χ3v) is 5.10. The fourth-order valence-corrected chi connectivity index (χ4v) is 3.72. The van der Waals surface area contributed by atoms with Crippen molar-refractivity contribution in [3.63, 3.8) is 0 Å². The van der Waals surface area contributed by atoms with E-state index in [1.54, 1.807) is 23.7 Å². The maximum absolute atomic E-state index is 11.7. The summed E-state index contributed by atoms with van der Waals surface area (Å²) in [6, 6.07) is -0.0921. The summed E-state index contributed by atoms with van der Waals surface area (Å²) >= 11 is 0. The van der Waals surface area contributed by atoms with Crippen LogP contribution < -0.4 is 10.2 Å². The van der Waals surface area contributed by atoms with Crippen LogP contribution in [-0.4, -0.2) is 69.0 Å². The van der Waals surface area contributed by atoms with Gasteiger partial charge in [-0.25, -0.2) is 14.6 Å². The largest absolute Gasteiger partial charge is 0.478 e. The molecular weight excluding hydrogens is 312 g/mol. The molecule has 9 nitrogen and oxygen atoms in total. The number of aromatic nitrogens is 3. The maximum Gasteiger partial charge on any atom is 0.339 e. The molecule has 2 aromatic rings. The highest BCUT2D eigenvalue weighted by atomic mass is 16.4. The Morgan fingerprint density at radius 1 is 1.38 bits per heavy atom. The summed E-state index contributed by atoms with van der Waals surface area (Å²) in [5, 5.41) is 17.5. The van der Waals surface area contributed by atoms with Crippen molar-refractivity contribution in [2.75, 3.05) is 31.6 Å². The molecule has 0 unspecified atom stereocenters. The number of hydrogen-bond donors (Lipinski definition) is 2. The zero-order valence-corrected chi connectivity index (χ0v) is 13.7. The Morgan fingerprint density at radius 2 is 2.08 bits per heavy atom. The first-order valence-electron chi connectivity index (χ1n) is 7.66. The Kier molecular flexibility index (Phi) is 2.82. The van der Waals surface area contributed by atoms with Gasteiger partial charge in [0.25, 0.3) is 0 Å². The SMILES string of the molecule is Cc1nn(C)c2ncc(C(=O)O)c(N3CC4(CNC(=O)N4C)C3)c12. The molecule has 0 aliphatic carbocycles. The number of aryl methyl sites for hydroxylation is 2. The van der Waals surface area contributed by atoms with Gasteiger partial charge in [-0.15, -0.1) is 0 Å². The number of likely N-dealkylation sites (N-methyl/N-ethyl adjacent to an activating group) is 1. The molecule has 24 heavy (non-hydrogen) atoms. The van der Waals surface area contributed by atoms with Gasteiger partial charge in [0.1, 0.15) is 5.56 Å². The smallest absolute Gasteiger partial charge is 0.339 e. The molecule has 2 aliphatic heterocycles. The first-order valence-corrected chi connectivity index (χ1v) is 7.66. The minimum Gasteiger partial charge on any atom is -0.478 e. The number of amides is 2. The van der Waals surface area contributed by atoms with Crippen molar-refractivity contribution in [3.8, 4) is 0 Å².